The molecule has 1 fully saturated rings. The van der Waals surface area contributed by atoms with Crippen LogP contribution in [0.4, 0.5) is 5.69 Å². The topological polar surface area (TPSA) is 38.0 Å². The van der Waals surface area contributed by atoms with Crippen LogP contribution < -0.4 is 11.1 Å². The Hall–Kier alpha value is -1.80. The molecule has 0 aliphatic heterocycles. The van der Waals surface area contributed by atoms with Crippen molar-refractivity contribution in [2.24, 2.45) is 5.73 Å². The summed E-state index contributed by atoms with van der Waals surface area (Å²) in [4.78, 5) is 0. The molecular formula is C18H22N2. The molecule has 2 aromatic carbocycles. The maximum absolute atomic E-state index is 5.96. The van der Waals surface area contributed by atoms with Gasteiger partial charge in [0.15, 0.2) is 0 Å². The molecule has 3 rings (SSSR count). The number of nitrogens with one attached hydrogen (secondary N) is 1. The second-order valence-electron chi connectivity index (χ2n) is 5.74. The van der Waals surface area contributed by atoms with Crippen LogP contribution in [0, 0.1) is 6.92 Å². The molecule has 0 heterocycles. The van der Waals surface area contributed by atoms with Crippen LogP contribution in [-0.2, 0) is 0 Å². The second-order valence-corrected chi connectivity index (χ2v) is 5.74. The van der Waals surface area contributed by atoms with Crippen LogP contribution >= 0.6 is 0 Å². The zero-order valence-electron chi connectivity index (χ0n) is 12.0. The Labute approximate surface area is 121 Å². The van der Waals surface area contributed by atoms with Crippen LogP contribution in [0.15, 0.2) is 48.5 Å². The molecule has 3 N–H and O–H groups in total. The van der Waals surface area contributed by atoms with Gasteiger partial charge in [-0.05, 0) is 48.9 Å². The lowest BCUT2D eigenvalue weighted by atomic mass is 10.0. The summed E-state index contributed by atoms with van der Waals surface area (Å²) in [7, 11) is 0. The van der Waals surface area contributed by atoms with E-state index in [0.717, 1.165) is 11.6 Å². The normalized spacial score (nSPS) is 15.9. The lowest BCUT2D eigenvalue weighted by Crippen LogP contribution is -2.20. The van der Waals surface area contributed by atoms with Gasteiger partial charge in [-0.1, -0.05) is 42.0 Å². The Morgan fingerprint density at radius 3 is 2.55 bits per heavy atom. The minimum atomic E-state index is 0.177. The van der Waals surface area contributed by atoms with Gasteiger partial charge >= 0.3 is 0 Å². The summed E-state index contributed by atoms with van der Waals surface area (Å²) in [5, 5.41) is 3.53. The molecule has 2 nitrogen and oxygen atoms in total. The molecule has 20 heavy (non-hydrogen) atoms. The van der Waals surface area contributed by atoms with Gasteiger partial charge in [0.25, 0.3) is 0 Å². The van der Waals surface area contributed by atoms with Crippen molar-refractivity contribution in [3.05, 3.63) is 65.2 Å². The van der Waals surface area contributed by atoms with Gasteiger partial charge < -0.3 is 11.1 Å². The Bertz CT molecular complexity index is 570. The van der Waals surface area contributed by atoms with Crippen LogP contribution in [0.25, 0.3) is 0 Å². The minimum absolute atomic E-state index is 0.177. The van der Waals surface area contributed by atoms with Gasteiger partial charge in [0.2, 0.25) is 0 Å². The first-order valence-corrected chi connectivity index (χ1v) is 7.39. The standard InChI is InChI=1S/C18H22N2/c1-13-5-9-17(10-6-13)20-18(12-19)16-4-2-3-15(11-16)14-7-8-14/h2-6,9-11,14,18,20H,7-8,12,19H2,1H3. The van der Waals surface area contributed by atoms with Crippen LogP contribution in [-0.4, -0.2) is 6.54 Å². The molecular weight excluding hydrogens is 244 g/mol. The highest BCUT2D eigenvalue weighted by molar-refractivity contribution is 5.47. The van der Waals surface area contributed by atoms with Gasteiger partial charge in [-0.3, -0.25) is 0 Å². The number of hydrogen-bond acceptors (Lipinski definition) is 2. The van der Waals surface area contributed by atoms with Crippen molar-refractivity contribution in [1.82, 2.24) is 0 Å². The molecule has 0 radical (unpaired) electrons. The van der Waals surface area contributed by atoms with E-state index in [1.807, 2.05) is 0 Å². The van der Waals surface area contributed by atoms with Crippen LogP contribution in [0.3, 0.4) is 0 Å². The van der Waals surface area contributed by atoms with E-state index in [-0.39, 0.29) is 6.04 Å². The summed E-state index contributed by atoms with van der Waals surface area (Å²) in [6.45, 7) is 2.70. The minimum Gasteiger partial charge on any atom is -0.377 e. The number of aryl methyl sites for hydroxylation is 1. The summed E-state index contributed by atoms with van der Waals surface area (Å²) in [6.07, 6.45) is 2.67. The molecule has 0 aromatic heterocycles. The van der Waals surface area contributed by atoms with Gasteiger partial charge in [-0.15, -0.1) is 0 Å². The van der Waals surface area contributed by atoms with Crippen LogP contribution in [0.1, 0.15) is 41.5 Å². The molecule has 1 saturated carbocycles. The van der Waals surface area contributed by atoms with E-state index in [9.17, 15) is 0 Å². The molecule has 1 aliphatic rings. The lowest BCUT2D eigenvalue weighted by Gasteiger charge is -2.19. The van der Waals surface area contributed by atoms with Gasteiger partial charge in [-0.25, -0.2) is 0 Å². The summed E-state index contributed by atoms with van der Waals surface area (Å²) < 4.78 is 0. The fourth-order valence-electron chi connectivity index (χ4n) is 2.58. The second kappa shape index (κ2) is 5.68. The molecule has 0 spiro atoms. The molecule has 2 aromatic rings. The smallest absolute Gasteiger partial charge is 0.0636 e. The molecule has 1 unspecified atom stereocenters. The molecule has 1 aliphatic carbocycles. The summed E-state index contributed by atoms with van der Waals surface area (Å²) in [6, 6.07) is 17.5. The first kappa shape index (κ1) is 13.2. The van der Waals surface area contributed by atoms with E-state index < -0.39 is 0 Å². The Balaban J connectivity index is 1.78. The maximum Gasteiger partial charge on any atom is 0.0636 e. The number of anilines is 1. The van der Waals surface area contributed by atoms with Crippen molar-refractivity contribution < 1.29 is 0 Å². The third-order valence-corrected chi connectivity index (χ3v) is 3.99. The molecule has 0 saturated heterocycles. The van der Waals surface area contributed by atoms with Crippen molar-refractivity contribution in [2.75, 3.05) is 11.9 Å². The van der Waals surface area contributed by atoms with Crippen molar-refractivity contribution >= 4 is 5.69 Å². The van der Waals surface area contributed by atoms with Gasteiger partial charge in [0.1, 0.15) is 0 Å². The third-order valence-electron chi connectivity index (χ3n) is 3.99. The van der Waals surface area contributed by atoms with E-state index in [1.54, 1.807) is 0 Å². The number of benzene rings is 2. The summed E-state index contributed by atoms with van der Waals surface area (Å²) in [5.41, 5.74) is 11.1. The fraction of sp³-hybridized carbons (Fsp3) is 0.333. The average molecular weight is 266 g/mol. The largest absolute Gasteiger partial charge is 0.377 e. The highest BCUT2D eigenvalue weighted by Crippen LogP contribution is 2.40. The van der Waals surface area contributed by atoms with Crippen molar-refractivity contribution in [1.29, 1.82) is 0 Å². The number of hydrogen-bond donors (Lipinski definition) is 2. The summed E-state index contributed by atoms with van der Waals surface area (Å²) in [5.74, 6) is 0.785. The predicted molar refractivity (Wildman–Crippen MR) is 85.0 cm³/mol. The van der Waals surface area contributed by atoms with E-state index >= 15 is 0 Å². The van der Waals surface area contributed by atoms with Crippen molar-refractivity contribution in [3.63, 3.8) is 0 Å². The first-order chi connectivity index (χ1) is 9.76. The van der Waals surface area contributed by atoms with E-state index in [1.165, 1.54) is 29.5 Å². The zero-order valence-corrected chi connectivity index (χ0v) is 12.0. The van der Waals surface area contributed by atoms with Gasteiger partial charge in [-0.2, -0.15) is 0 Å². The maximum atomic E-state index is 5.96. The predicted octanol–water partition coefficient (Wildman–Crippen LogP) is 3.98. The van der Waals surface area contributed by atoms with Crippen LogP contribution in [0.5, 0.6) is 0 Å². The lowest BCUT2D eigenvalue weighted by molar-refractivity contribution is 0.787. The molecule has 1 atom stereocenters. The van der Waals surface area contributed by atoms with Gasteiger partial charge in [0.05, 0.1) is 6.04 Å². The third kappa shape index (κ3) is 3.02. The van der Waals surface area contributed by atoms with E-state index in [0.29, 0.717) is 6.54 Å². The SMILES string of the molecule is Cc1ccc(NC(CN)c2cccc(C3CC3)c2)cc1. The number of nitrogens with two attached hydrogens (primary N) is 1. The van der Waals surface area contributed by atoms with Crippen LogP contribution in [0.2, 0.25) is 0 Å². The molecule has 2 heteroatoms. The fourth-order valence-corrected chi connectivity index (χ4v) is 2.58. The monoisotopic (exact) mass is 266 g/mol. The highest BCUT2D eigenvalue weighted by Gasteiger charge is 2.24. The molecule has 104 valence electrons. The van der Waals surface area contributed by atoms with E-state index in [2.05, 4.69) is 60.8 Å². The highest BCUT2D eigenvalue weighted by atomic mass is 14.9. The number of rotatable bonds is 5. The summed E-state index contributed by atoms with van der Waals surface area (Å²) >= 11 is 0. The Morgan fingerprint density at radius 1 is 1.15 bits per heavy atom. The Morgan fingerprint density at radius 2 is 1.90 bits per heavy atom. The van der Waals surface area contributed by atoms with E-state index in [4.69, 9.17) is 5.73 Å². The average Bonchev–Trinajstić information content (AvgIpc) is 3.31. The molecule has 0 amide bonds. The zero-order chi connectivity index (χ0) is 13.9. The first-order valence-electron chi connectivity index (χ1n) is 7.39. The quantitative estimate of drug-likeness (QED) is 0.859. The van der Waals surface area contributed by atoms with Crippen molar-refractivity contribution in [2.45, 2.75) is 31.7 Å². The van der Waals surface area contributed by atoms with Gasteiger partial charge in [0, 0.05) is 12.2 Å². The Kier molecular flexibility index (Phi) is 3.75. The molecule has 0 bridgehead atoms. The van der Waals surface area contributed by atoms with Crippen molar-refractivity contribution in [3.8, 4) is 0 Å².